The highest BCUT2D eigenvalue weighted by Crippen LogP contribution is 2.39. The van der Waals surface area contributed by atoms with Crippen molar-refractivity contribution in [1.29, 1.82) is 0 Å². The Bertz CT molecular complexity index is 695. The van der Waals surface area contributed by atoms with Crippen molar-refractivity contribution in [3.8, 4) is 5.75 Å². The van der Waals surface area contributed by atoms with Crippen LogP contribution < -0.4 is 4.74 Å². The fourth-order valence-electron chi connectivity index (χ4n) is 4.40. The van der Waals surface area contributed by atoms with Crippen LogP contribution in [-0.2, 0) is 9.47 Å². The normalized spacial score (nSPS) is 24.1. The lowest BCUT2D eigenvalue weighted by Gasteiger charge is -2.48. The van der Waals surface area contributed by atoms with Gasteiger partial charge in [-0.2, -0.15) is 0 Å². The molecule has 0 saturated carbocycles. The molecule has 2 saturated heterocycles. The van der Waals surface area contributed by atoms with Gasteiger partial charge in [-0.15, -0.1) is 0 Å². The van der Waals surface area contributed by atoms with Gasteiger partial charge in [0.25, 0.3) is 0 Å². The summed E-state index contributed by atoms with van der Waals surface area (Å²) in [6.45, 7) is 6.68. The van der Waals surface area contributed by atoms with Gasteiger partial charge in [-0.3, -0.25) is 4.79 Å². The van der Waals surface area contributed by atoms with E-state index in [9.17, 15) is 9.59 Å². The molecule has 2 bridgehead atoms. The Morgan fingerprint density at radius 2 is 1.66 bits per heavy atom. The number of methoxy groups -OCH3 is 1. The Morgan fingerprint density at radius 3 is 2.21 bits per heavy atom. The summed E-state index contributed by atoms with van der Waals surface area (Å²) in [5, 5.41) is 0. The Labute approximate surface area is 173 Å². The van der Waals surface area contributed by atoms with E-state index in [0.29, 0.717) is 31.6 Å². The van der Waals surface area contributed by atoms with Crippen LogP contribution in [0, 0.1) is 5.92 Å². The summed E-state index contributed by atoms with van der Waals surface area (Å²) in [7, 11) is 1.63. The fraction of sp³-hybridized carbons (Fsp3) is 0.652. The van der Waals surface area contributed by atoms with E-state index in [0.717, 1.165) is 25.0 Å². The lowest BCUT2D eigenvalue weighted by atomic mass is 9.76. The minimum absolute atomic E-state index is 0.0516. The molecule has 2 aliphatic heterocycles. The lowest BCUT2D eigenvalue weighted by Crippen LogP contribution is -2.56. The molecular weight excluding hydrogens is 370 g/mol. The van der Waals surface area contributed by atoms with E-state index in [4.69, 9.17) is 14.2 Å². The summed E-state index contributed by atoms with van der Waals surface area (Å²) < 4.78 is 16.2. The molecule has 29 heavy (non-hydrogen) atoms. The summed E-state index contributed by atoms with van der Waals surface area (Å²) in [4.78, 5) is 27.7. The van der Waals surface area contributed by atoms with E-state index >= 15 is 0 Å². The second-order valence-corrected chi connectivity index (χ2v) is 9.02. The number of piperidine rings is 2. The van der Waals surface area contributed by atoms with Crippen molar-refractivity contribution in [3.63, 3.8) is 0 Å². The summed E-state index contributed by atoms with van der Waals surface area (Å²) in [6, 6.07) is 7.51. The molecule has 2 atom stereocenters. The van der Waals surface area contributed by atoms with Crippen LogP contribution in [-0.4, -0.2) is 54.8 Å². The maximum Gasteiger partial charge on any atom is 0.410 e. The first-order valence-electron chi connectivity index (χ1n) is 10.6. The van der Waals surface area contributed by atoms with Gasteiger partial charge in [0.05, 0.1) is 6.61 Å². The first-order valence-corrected chi connectivity index (χ1v) is 10.6. The SMILES string of the molecule is COCCOc1ccc(C(=O)C2CC3CCCC(C2)N3C(=O)OC(C)(C)C)cc1. The van der Waals surface area contributed by atoms with Crippen molar-refractivity contribution >= 4 is 11.9 Å². The predicted octanol–water partition coefficient (Wildman–Crippen LogP) is 4.46. The molecule has 1 aromatic carbocycles. The molecule has 2 heterocycles. The number of rotatable bonds is 6. The van der Waals surface area contributed by atoms with Crippen molar-refractivity contribution in [2.45, 2.75) is 70.6 Å². The minimum Gasteiger partial charge on any atom is -0.491 e. The van der Waals surface area contributed by atoms with Crippen LogP contribution in [0.5, 0.6) is 5.75 Å². The van der Waals surface area contributed by atoms with Crippen LogP contribution in [0.4, 0.5) is 4.79 Å². The van der Waals surface area contributed by atoms with Gasteiger partial charge in [-0.05, 0) is 77.1 Å². The molecule has 2 unspecified atom stereocenters. The van der Waals surface area contributed by atoms with Crippen LogP contribution >= 0.6 is 0 Å². The number of amides is 1. The van der Waals surface area contributed by atoms with Gasteiger partial charge in [0.1, 0.15) is 18.0 Å². The standard InChI is InChI=1S/C23H33NO5/c1-23(2,3)29-22(26)24-18-6-5-7-19(24)15-17(14-18)21(25)16-8-10-20(11-9-16)28-13-12-27-4/h8-11,17-19H,5-7,12-15H2,1-4H3. The predicted molar refractivity (Wildman–Crippen MR) is 110 cm³/mol. The minimum atomic E-state index is -0.509. The van der Waals surface area contributed by atoms with Gasteiger partial charge in [0, 0.05) is 30.7 Å². The number of hydrogen-bond acceptors (Lipinski definition) is 5. The monoisotopic (exact) mass is 403 g/mol. The summed E-state index contributed by atoms with van der Waals surface area (Å²) in [5.74, 6) is 0.841. The van der Waals surface area contributed by atoms with Crippen molar-refractivity contribution < 1.29 is 23.8 Å². The van der Waals surface area contributed by atoms with Crippen LogP contribution in [0.3, 0.4) is 0 Å². The molecule has 0 spiro atoms. The molecule has 1 amide bonds. The topological polar surface area (TPSA) is 65.1 Å². The second-order valence-electron chi connectivity index (χ2n) is 9.02. The quantitative estimate of drug-likeness (QED) is 0.518. The van der Waals surface area contributed by atoms with Gasteiger partial charge >= 0.3 is 6.09 Å². The van der Waals surface area contributed by atoms with Crippen molar-refractivity contribution in [1.82, 2.24) is 4.90 Å². The lowest BCUT2D eigenvalue weighted by molar-refractivity contribution is -0.0260. The zero-order valence-corrected chi connectivity index (χ0v) is 18.0. The third kappa shape index (κ3) is 5.50. The number of nitrogens with zero attached hydrogens (tertiary/aromatic N) is 1. The highest BCUT2D eigenvalue weighted by Gasteiger charge is 2.44. The molecular formula is C23H33NO5. The molecule has 6 nitrogen and oxygen atoms in total. The molecule has 0 N–H and O–H groups in total. The number of Topliss-reactive ketones (excluding diaryl/α,β-unsaturated/α-hetero) is 1. The Kier molecular flexibility index (Phi) is 6.83. The molecule has 0 aliphatic carbocycles. The number of hydrogen-bond donors (Lipinski definition) is 0. The third-order valence-corrected chi connectivity index (χ3v) is 5.64. The zero-order valence-electron chi connectivity index (χ0n) is 18.0. The van der Waals surface area contributed by atoms with Gasteiger partial charge in [-0.25, -0.2) is 4.79 Å². The van der Waals surface area contributed by atoms with E-state index < -0.39 is 5.60 Å². The largest absolute Gasteiger partial charge is 0.491 e. The summed E-state index contributed by atoms with van der Waals surface area (Å²) in [5.41, 5.74) is 0.198. The average molecular weight is 404 g/mol. The highest BCUT2D eigenvalue weighted by molar-refractivity contribution is 5.98. The van der Waals surface area contributed by atoms with E-state index in [1.807, 2.05) is 49.9 Å². The maximum absolute atomic E-state index is 13.1. The van der Waals surface area contributed by atoms with Crippen LogP contribution in [0.1, 0.15) is 63.2 Å². The Hall–Kier alpha value is -2.08. The Morgan fingerprint density at radius 1 is 1.03 bits per heavy atom. The number of carbonyl (C=O) groups excluding carboxylic acids is 2. The number of carbonyl (C=O) groups is 2. The molecule has 2 fully saturated rings. The second kappa shape index (κ2) is 9.16. The van der Waals surface area contributed by atoms with Crippen molar-refractivity contribution in [2.75, 3.05) is 20.3 Å². The molecule has 6 heteroatoms. The number of fused-ring (bicyclic) bond motifs is 2. The number of ether oxygens (including phenoxy) is 3. The first kappa shape index (κ1) is 21.6. The van der Waals surface area contributed by atoms with E-state index in [-0.39, 0.29) is 29.9 Å². The third-order valence-electron chi connectivity index (χ3n) is 5.64. The van der Waals surface area contributed by atoms with E-state index in [1.54, 1.807) is 7.11 Å². The summed E-state index contributed by atoms with van der Waals surface area (Å²) in [6.07, 6.45) is 4.15. The molecule has 0 aromatic heterocycles. The average Bonchev–Trinajstić information content (AvgIpc) is 2.66. The zero-order chi connectivity index (χ0) is 21.0. The van der Waals surface area contributed by atoms with E-state index in [1.165, 1.54) is 0 Å². The number of ketones is 1. The highest BCUT2D eigenvalue weighted by atomic mass is 16.6. The van der Waals surface area contributed by atoms with Gasteiger partial charge in [-0.1, -0.05) is 0 Å². The maximum atomic E-state index is 13.1. The molecule has 1 aromatic rings. The van der Waals surface area contributed by atoms with Gasteiger partial charge in [0.15, 0.2) is 5.78 Å². The van der Waals surface area contributed by atoms with Crippen LogP contribution in [0.2, 0.25) is 0 Å². The smallest absolute Gasteiger partial charge is 0.410 e. The van der Waals surface area contributed by atoms with Gasteiger partial charge < -0.3 is 19.1 Å². The molecule has 160 valence electrons. The Balaban J connectivity index is 1.64. The van der Waals surface area contributed by atoms with Crippen molar-refractivity contribution in [2.24, 2.45) is 5.92 Å². The summed E-state index contributed by atoms with van der Waals surface area (Å²) >= 11 is 0. The first-order chi connectivity index (χ1) is 13.8. The fourth-order valence-corrected chi connectivity index (χ4v) is 4.40. The molecule has 3 rings (SSSR count). The van der Waals surface area contributed by atoms with Crippen molar-refractivity contribution in [3.05, 3.63) is 29.8 Å². The van der Waals surface area contributed by atoms with Crippen LogP contribution in [0.25, 0.3) is 0 Å². The molecule has 0 radical (unpaired) electrons. The number of benzene rings is 1. The molecule has 2 aliphatic rings. The van der Waals surface area contributed by atoms with E-state index in [2.05, 4.69) is 0 Å². The van der Waals surface area contributed by atoms with Crippen LogP contribution in [0.15, 0.2) is 24.3 Å². The van der Waals surface area contributed by atoms with Gasteiger partial charge in [0.2, 0.25) is 0 Å².